The second-order valence-electron chi connectivity index (χ2n) is 5.49. The molecule has 6 heteroatoms. The maximum absolute atomic E-state index is 13.9. The number of fused-ring (bicyclic) bond motifs is 1. The van der Waals surface area contributed by atoms with Crippen molar-refractivity contribution in [3.05, 3.63) is 58.2 Å². The highest BCUT2D eigenvalue weighted by atomic mass is 32.1. The fourth-order valence-corrected chi connectivity index (χ4v) is 3.19. The summed E-state index contributed by atoms with van der Waals surface area (Å²) in [4.78, 5) is 17.4. The molecule has 0 saturated carbocycles. The van der Waals surface area contributed by atoms with Gasteiger partial charge in [-0.1, -0.05) is 12.1 Å². The topological polar surface area (TPSA) is 51.2 Å². The number of rotatable bonds is 5. The highest BCUT2D eigenvalue weighted by molar-refractivity contribution is 7.10. The summed E-state index contributed by atoms with van der Waals surface area (Å²) in [6.07, 6.45) is 0. The van der Waals surface area contributed by atoms with E-state index in [1.54, 1.807) is 36.5 Å². The van der Waals surface area contributed by atoms with Gasteiger partial charge in [-0.3, -0.25) is 4.79 Å². The number of hydrogen-bond acceptors (Lipinski definition) is 4. The first-order valence-corrected chi connectivity index (χ1v) is 8.44. The number of benzene rings is 1. The molecule has 3 rings (SSSR count). The van der Waals surface area contributed by atoms with Crippen molar-refractivity contribution in [2.24, 2.45) is 0 Å². The van der Waals surface area contributed by atoms with E-state index in [4.69, 9.17) is 4.74 Å². The third kappa shape index (κ3) is 3.54. The molecule has 0 radical (unpaired) electrons. The average Bonchev–Trinajstić information content (AvgIpc) is 3.08. The lowest BCUT2D eigenvalue weighted by molar-refractivity contribution is -0.123. The van der Waals surface area contributed by atoms with E-state index in [9.17, 15) is 9.18 Å². The van der Waals surface area contributed by atoms with E-state index in [0.717, 1.165) is 4.88 Å². The van der Waals surface area contributed by atoms with Gasteiger partial charge in [0.25, 0.3) is 5.91 Å². The molecule has 2 aromatic heterocycles. The average molecular weight is 344 g/mol. The maximum atomic E-state index is 13.9. The van der Waals surface area contributed by atoms with Crippen molar-refractivity contribution in [3.63, 3.8) is 0 Å². The molecule has 0 aliphatic carbocycles. The van der Waals surface area contributed by atoms with E-state index in [1.165, 1.54) is 6.07 Å². The molecule has 1 amide bonds. The summed E-state index contributed by atoms with van der Waals surface area (Å²) in [6, 6.07) is 10.2. The van der Waals surface area contributed by atoms with Gasteiger partial charge in [-0.05, 0) is 37.4 Å². The Bertz CT molecular complexity index is 865. The molecular weight excluding hydrogens is 327 g/mol. The van der Waals surface area contributed by atoms with Crippen molar-refractivity contribution < 1.29 is 13.9 Å². The summed E-state index contributed by atoms with van der Waals surface area (Å²) < 4.78 is 19.5. The zero-order chi connectivity index (χ0) is 17.1. The van der Waals surface area contributed by atoms with Gasteiger partial charge < -0.3 is 10.1 Å². The Morgan fingerprint density at radius 3 is 2.96 bits per heavy atom. The number of carbonyl (C=O) groups excluding carboxylic acids is 1. The molecular formula is C18H17FN2O2S. The number of para-hydroxylation sites is 1. The van der Waals surface area contributed by atoms with Gasteiger partial charge in [0.2, 0.25) is 0 Å². The standard InChI is InChI=1S/C18H17FN2O2S/c1-11-9-15(13-5-3-6-14(19)18(13)20-11)23-10-17(22)21-12(2)16-7-4-8-24-16/h3-9,12H,10H2,1-2H3,(H,21,22)/t12-/m1/s1. The van der Waals surface area contributed by atoms with Gasteiger partial charge in [0.15, 0.2) is 6.61 Å². The van der Waals surface area contributed by atoms with Gasteiger partial charge >= 0.3 is 0 Å². The molecule has 124 valence electrons. The quantitative estimate of drug-likeness (QED) is 0.761. The Balaban J connectivity index is 1.71. The van der Waals surface area contributed by atoms with Gasteiger partial charge in [-0.25, -0.2) is 9.37 Å². The zero-order valence-corrected chi connectivity index (χ0v) is 14.2. The van der Waals surface area contributed by atoms with Crippen LogP contribution in [-0.4, -0.2) is 17.5 Å². The fourth-order valence-electron chi connectivity index (χ4n) is 2.46. The maximum Gasteiger partial charge on any atom is 0.258 e. The Labute approximate surface area is 143 Å². The largest absolute Gasteiger partial charge is 0.483 e. The normalized spacial score (nSPS) is 12.1. The number of nitrogens with zero attached hydrogens (tertiary/aromatic N) is 1. The van der Waals surface area contributed by atoms with Crippen molar-refractivity contribution in [1.82, 2.24) is 10.3 Å². The molecule has 0 aliphatic heterocycles. The number of aryl methyl sites for hydroxylation is 1. The molecule has 1 aromatic carbocycles. The number of ether oxygens (including phenoxy) is 1. The van der Waals surface area contributed by atoms with Crippen LogP contribution in [0.5, 0.6) is 5.75 Å². The van der Waals surface area contributed by atoms with Crippen molar-refractivity contribution in [2.45, 2.75) is 19.9 Å². The summed E-state index contributed by atoms with van der Waals surface area (Å²) in [7, 11) is 0. The minimum Gasteiger partial charge on any atom is -0.483 e. The molecule has 3 aromatic rings. The van der Waals surface area contributed by atoms with Crippen LogP contribution in [0, 0.1) is 12.7 Å². The van der Waals surface area contributed by atoms with Crippen LogP contribution in [0.3, 0.4) is 0 Å². The second-order valence-corrected chi connectivity index (χ2v) is 6.47. The van der Waals surface area contributed by atoms with Crippen molar-refractivity contribution in [2.75, 3.05) is 6.61 Å². The SMILES string of the molecule is Cc1cc(OCC(=O)N[C@H](C)c2cccs2)c2cccc(F)c2n1. The number of carbonyl (C=O) groups is 1. The Morgan fingerprint density at radius 2 is 2.21 bits per heavy atom. The molecule has 0 unspecified atom stereocenters. The summed E-state index contributed by atoms with van der Waals surface area (Å²) in [5.41, 5.74) is 0.884. The monoisotopic (exact) mass is 344 g/mol. The van der Waals surface area contributed by atoms with Crippen LogP contribution in [0.2, 0.25) is 0 Å². The fraction of sp³-hybridized carbons (Fsp3) is 0.222. The minimum absolute atomic E-state index is 0.0746. The smallest absolute Gasteiger partial charge is 0.258 e. The number of aromatic nitrogens is 1. The van der Waals surface area contributed by atoms with Gasteiger partial charge in [0.05, 0.1) is 6.04 Å². The van der Waals surface area contributed by atoms with Crippen LogP contribution in [0.1, 0.15) is 23.5 Å². The molecule has 0 saturated heterocycles. The first kappa shape index (κ1) is 16.4. The molecule has 2 heterocycles. The molecule has 0 spiro atoms. The number of hydrogen-bond donors (Lipinski definition) is 1. The number of pyridine rings is 1. The third-order valence-corrected chi connectivity index (χ3v) is 4.64. The van der Waals surface area contributed by atoms with Crippen LogP contribution in [0.4, 0.5) is 4.39 Å². The lowest BCUT2D eigenvalue weighted by Gasteiger charge is -2.14. The van der Waals surface area contributed by atoms with Crippen LogP contribution in [-0.2, 0) is 4.79 Å². The third-order valence-electron chi connectivity index (χ3n) is 3.59. The zero-order valence-electron chi connectivity index (χ0n) is 13.4. The predicted octanol–water partition coefficient (Wildman–Crippen LogP) is 4.00. The minimum atomic E-state index is -0.406. The Kier molecular flexibility index (Phi) is 4.76. The van der Waals surface area contributed by atoms with Crippen molar-refractivity contribution in [1.29, 1.82) is 0 Å². The number of nitrogens with one attached hydrogen (secondary N) is 1. The highest BCUT2D eigenvalue weighted by Crippen LogP contribution is 2.27. The summed E-state index contributed by atoms with van der Waals surface area (Å²) in [5, 5.41) is 5.41. The van der Waals surface area contributed by atoms with E-state index in [2.05, 4.69) is 10.3 Å². The van der Waals surface area contributed by atoms with Gasteiger partial charge in [0.1, 0.15) is 17.1 Å². The number of amides is 1. The van der Waals surface area contributed by atoms with E-state index < -0.39 is 5.82 Å². The van der Waals surface area contributed by atoms with Crippen LogP contribution >= 0.6 is 11.3 Å². The molecule has 24 heavy (non-hydrogen) atoms. The predicted molar refractivity (Wildman–Crippen MR) is 92.8 cm³/mol. The molecule has 1 N–H and O–H groups in total. The number of halogens is 1. The van der Waals surface area contributed by atoms with E-state index >= 15 is 0 Å². The van der Waals surface area contributed by atoms with Crippen molar-refractivity contribution in [3.8, 4) is 5.75 Å². The molecule has 0 aliphatic rings. The van der Waals surface area contributed by atoms with Gasteiger partial charge in [-0.2, -0.15) is 0 Å². The molecule has 0 bridgehead atoms. The Morgan fingerprint density at radius 1 is 1.38 bits per heavy atom. The van der Waals surface area contributed by atoms with Gasteiger partial charge in [-0.15, -0.1) is 11.3 Å². The van der Waals surface area contributed by atoms with Gasteiger partial charge in [0, 0.05) is 22.0 Å². The molecule has 4 nitrogen and oxygen atoms in total. The number of thiophene rings is 1. The van der Waals surface area contributed by atoms with Crippen molar-refractivity contribution >= 4 is 28.1 Å². The molecule has 0 fully saturated rings. The first-order valence-electron chi connectivity index (χ1n) is 7.56. The van der Waals surface area contributed by atoms with E-state index in [0.29, 0.717) is 16.8 Å². The van der Waals surface area contributed by atoms with Crippen LogP contribution in [0.25, 0.3) is 10.9 Å². The van der Waals surface area contributed by atoms with E-state index in [-0.39, 0.29) is 24.1 Å². The van der Waals surface area contributed by atoms with E-state index in [1.807, 2.05) is 24.4 Å². The highest BCUT2D eigenvalue weighted by Gasteiger charge is 2.13. The van der Waals surface area contributed by atoms with Crippen LogP contribution in [0.15, 0.2) is 41.8 Å². The first-order chi connectivity index (χ1) is 11.5. The summed E-state index contributed by atoms with van der Waals surface area (Å²) in [5.74, 6) is -0.178. The lowest BCUT2D eigenvalue weighted by atomic mass is 10.2. The lowest BCUT2D eigenvalue weighted by Crippen LogP contribution is -2.30. The second kappa shape index (κ2) is 6.97. The molecule has 1 atom stereocenters. The summed E-state index contributed by atoms with van der Waals surface area (Å²) >= 11 is 1.59. The summed E-state index contributed by atoms with van der Waals surface area (Å²) in [6.45, 7) is 3.55. The van der Waals surface area contributed by atoms with Crippen LogP contribution < -0.4 is 10.1 Å². The Hall–Kier alpha value is -2.47.